The standard InChI is InChI=1S/C10H17ClO/c11-9-5-6-10(12)8-4-2-1-3-7(8)9/h7-10,12H,1-6H2/t7?,8?,9-,10-/m0/s1. The molecule has 0 aromatic heterocycles. The van der Waals surface area contributed by atoms with Crippen LogP contribution in [0.3, 0.4) is 0 Å². The maximum absolute atomic E-state index is 9.76. The van der Waals surface area contributed by atoms with Crippen LogP contribution >= 0.6 is 11.6 Å². The van der Waals surface area contributed by atoms with Gasteiger partial charge in [0.05, 0.1) is 6.10 Å². The summed E-state index contributed by atoms with van der Waals surface area (Å²) in [6, 6.07) is 0. The highest BCUT2D eigenvalue weighted by Crippen LogP contribution is 2.42. The Balaban J connectivity index is 2.05. The molecule has 0 heterocycles. The lowest BCUT2D eigenvalue weighted by Gasteiger charge is -2.41. The number of rotatable bonds is 0. The Labute approximate surface area is 79.1 Å². The smallest absolute Gasteiger partial charge is 0.0572 e. The predicted octanol–water partition coefficient (Wildman–Crippen LogP) is 2.55. The van der Waals surface area contributed by atoms with Crippen molar-refractivity contribution in [3.63, 3.8) is 0 Å². The van der Waals surface area contributed by atoms with Gasteiger partial charge in [-0.15, -0.1) is 11.6 Å². The SMILES string of the molecule is O[C@H]1CC[C@H](Cl)C2CCCCC21. The second-order valence-corrected chi connectivity index (χ2v) is 4.83. The first-order valence-electron chi connectivity index (χ1n) is 5.11. The zero-order chi connectivity index (χ0) is 8.55. The van der Waals surface area contributed by atoms with Crippen LogP contribution in [-0.2, 0) is 0 Å². The highest BCUT2D eigenvalue weighted by Gasteiger charge is 2.38. The first-order chi connectivity index (χ1) is 5.79. The second kappa shape index (κ2) is 3.55. The van der Waals surface area contributed by atoms with Crippen LogP contribution in [0.1, 0.15) is 38.5 Å². The van der Waals surface area contributed by atoms with E-state index in [1.54, 1.807) is 0 Å². The van der Waals surface area contributed by atoms with Gasteiger partial charge >= 0.3 is 0 Å². The van der Waals surface area contributed by atoms with Crippen LogP contribution in [0.4, 0.5) is 0 Å². The Kier molecular flexibility index (Phi) is 2.61. The van der Waals surface area contributed by atoms with Crippen molar-refractivity contribution < 1.29 is 5.11 Å². The normalized spacial score (nSPS) is 48.5. The van der Waals surface area contributed by atoms with Crippen LogP contribution in [0.5, 0.6) is 0 Å². The van der Waals surface area contributed by atoms with E-state index in [4.69, 9.17) is 11.6 Å². The van der Waals surface area contributed by atoms with Crippen molar-refractivity contribution in [2.45, 2.75) is 50.0 Å². The minimum Gasteiger partial charge on any atom is -0.393 e. The van der Waals surface area contributed by atoms with Crippen molar-refractivity contribution in [3.05, 3.63) is 0 Å². The zero-order valence-electron chi connectivity index (χ0n) is 7.38. The molecule has 2 saturated carbocycles. The van der Waals surface area contributed by atoms with Gasteiger partial charge in [0.1, 0.15) is 0 Å². The van der Waals surface area contributed by atoms with Crippen LogP contribution in [0.2, 0.25) is 0 Å². The van der Waals surface area contributed by atoms with Crippen molar-refractivity contribution >= 4 is 11.6 Å². The zero-order valence-corrected chi connectivity index (χ0v) is 8.13. The molecule has 1 nitrogen and oxygen atoms in total. The molecule has 2 heteroatoms. The van der Waals surface area contributed by atoms with Gasteiger partial charge in [-0.3, -0.25) is 0 Å². The minimum atomic E-state index is -0.0506. The molecule has 0 spiro atoms. The van der Waals surface area contributed by atoms with Crippen molar-refractivity contribution in [1.29, 1.82) is 0 Å². The van der Waals surface area contributed by atoms with Crippen molar-refractivity contribution in [3.8, 4) is 0 Å². The molecule has 2 fully saturated rings. The number of hydrogen-bond donors (Lipinski definition) is 1. The number of aliphatic hydroxyl groups is 1. The average Bonchev–Trinajstić information content (AvgIpc) is 2.12. The van der Waals surface area contributed by atoms with Crippen LogP contribution < -0.4 is 0 Å². The van der Waals surface area contributed by atoms with Crippen LogP contribution in [0.15, 0.2) is 0 Å². The summed E-state index contributed by atoms with van der Waals surface area (Å²) in [6.07, 6.45) is 6.95. The Morgan fingerprint density at radius 1 is 0.917 bits per heavy atom. The third-order valence-corrected chi connectivity index (χ3v) is 4.11. The van der Waals surface area contributed by atoms with Gasteiger partial charge in [-0.2, -0.15) is 0 Å². The van der Waals surface area contributed by atoms with Gasteiger partial charge in [-0.1, -0.05) is 12.8 Å². The molecule has 0 radical (unpaired) electrons. The van der Waals surface area contributed by atoms with E-state index in [-0.39, 0.29) is 6.10 Å². The van der Waals surface area contributed by atoms with Gasteiger partial charge in [0.25, 0.3) is 0 Å². The lowest BCUT2D eigenvalue weighted by Crippen LogP contribution is -2.40. The molecule has 2 rings (SSSR count). The van der Waals surface area contributed by atoms with Gasteiger partial charge in [0, 0.05) is 5.38 Å². The molecule has 1 N–H and O–H groups in total. The molecule has 0 aromatic rings. The summed E-state index contributed by atoms with van der Waals surface area (Å²) in [6.45, 7) is 0. The van der Waals surface area contributed by atoms with Gasteiger partial charge in [0.2, 0.25) is 0 Å². The van der Waals surface area contributed by atoms with Crippen molar-refractivity contribution in [2.24, 2.45) is 11.8 Å². The Bertz CT molecular complexity index is 142. The lowest BCUT2D eigenvalue weighted by molar-refractivity contribution is 0.0127. The van der Waals surface area contributed by atoms with Gasteiger partial charge < -0.3 is 5.11 Å². The highest BCUT2D eigenvalue weighted by molar-refractivity contribution is 6.20. The molecule has 2 aliphatic carbocycles. The molecule has 2 aliphatic rings. The number of halogens is 1. The largest absolute Gasteiger partial charge is 0.393 e. The number of alkyl halides is 1. The Morgan fingerprint density at radius 2 is 1.58 bits per heavy atom. The fourth-order valence-electron chi connectivity index (χ4n) is 2.87. The summed E-state index contributed by atoms with van der Waals surface area (Å²) in [5.74, 6) is 1.14. The van der Waals surface area contributed by atoms with Crippen LogP contribution in [-0.4, -0.2) is 16.6 Å². The van der Waals surface area contributed by atoms with E-state index in [9.17, 15) is 5.11 Å². The van der Waals surface area contributed by atoms with E-state index in [1.807, 2.05) is 0 Å². The Hall–Kier alpha value is 0.250. The van der Waals surface area contributed by atoms with Gasteiger partial charge in [-0.25, -0.2) is 0 Å². The van der Waals surface area contributed by atoms with E-state index in [1.165, 1.54) is 25.7 Å². The molecule has 0 aromatic carbocycles. The fraction of sp³-hybridized carbons (Fsp3) is 1.00. The maximum Gasteiger partial charge on any atom is 0.0572 e. The van der Waals surface area contributed by atoms with Crippen LogP contribution in [0, 0.1) is 11.8 Å². The van der Waals surface area contributed by atoms with E-state index in [0.717, 1.165) is 12.8 Å². The number of fused-ring (bicyclic) bond motifs is 1. The molecule has 0 saturated heterocycles. The summed E-state index contributed by atoms with van der Waals surface area (Å²) in [5, 5.41) is 10.1. The van der Waals surface area contributed by atoms with E-state index in [2.05, 4.69) is 0 Å². The molecule has 4 atom stereocenters. The third-order valence-electron chi connectivity index (χ3n) is 3.57. The fourth-order valence-corrected chi connectivity index (χ4v) is 3.31. The van der Waals surface area contributed by atoms with Crippen molar-refractivity contribution in [2.75, 3.05) is 0 Å². The average molecular weight is 189 g/mol. The molecular weight excluding hydrogens is 172 g/mol. The first kappa shape index (κ1) is 8.83. The number of aliphatic hydroxyl groups excluding tert-OH is 1. The van der Waals surface area contributed by atoms with E-state index >= 15 is 0 Å². The quantitative estimate of drug-likeness (QED) is 0.580. The first-order valence-corrected chi connectivity index (χ1v) is 5.55. The summed E-state index contributed by atoms with van der Waals surface area (Å²) < 4.78 is 0. The Morgan fingerprint density at radius 3 is 2.25 bits per heavy atom. The van der Waals surface area contributed by atoms with Crippen LogP contribution in [0.25, 0.3) is 0 Å². The van der Waals surface area contributed by atoms with Crippen molar-refractivity contribution in [1.82, 2.24) is 0 Å². The number of hydrogen-bond acceptors (Lipinski definition) is 1. The molecule has 0 aliphatic heterocycles. The third kappa shape index (κ3) is 1.49. The summed E-state index contributed by atoms with van der Waals surface area (Å²) >= 11 is 6.24. The molecule has 0 bridgehead atoms. The topological polar surface area (TPSA) is 20.2 Å². The summed E-state index contributed by atoms with van der Waals surface area (Å²) in [7, 11) is 0. The predicted molar refractivity (Wildman–Crippen MR) is 50.3 cm³/mol. The second-order valence-electron chi connectivity index (χ2n) is 4.27. The minimum absolute atomic E-state index is 0.0506. The molecule has 12 heavy (non-hydrogen) atoms. The molecular formula is C10H17ClO. The van der Waals surface area contributed by atoms with E-state index in [0.29, 0.717) is 17.2 Å². The maximum atomic E-state index is 9.76. The van der Waals surface area contributed by atoms with Gasteiger partial charge in [-0.05, 0) is 37.5 Å². The monoisotopic (exact) mass is 188 g/mol. The highest BCUT2D eigenvalue weighted by atomic mass is 35.5. The molecule has 2 unspecified atom stereocenters. The van der Waals surface area contributed by atoms with E-state index < -0.39 is 0 Å². The summed E-state index contributed by atoms with van der Waals surface area (Å²) in [5.41, 5.74) is 0. The van der Waals surface area contributed by atoms with Gasteiger partial charge in [0.15, 0.2) is 0 Å². The molecule has 70 valence electrons. The summed E-state index contributed by atoms with van der Waals surface area (Å²) in [4.78, 5) is 0. The lowest BCUT2D eigenvalue weighted by atomic mass is 9.69. The molecule has 0 amide bonds.